The topological polar surface area (TPSA) is 72.8 Å². The lowest BCUT2D eigenvalue weighted by Gasteiger charge is -2.14. The number of carbonyl (C=O) groups excluding carboxylic acids is 1. The number of esters is 1. The van der Waals surface area contributed by atoms with Crippen LogP contribution in [0.3, 0.4) is 0 Å². The van der Waals surface area contributed by atoms with Crippen LogP contribution < -0.4 is 9.47 Å². The van der Waals surface area contributed by atoms with Crippen LogP contribution >= 0.6 is 15.9 Å². The third-order valence-corrected chi connectivity index (χ3v) is 4.54. The minimum atomic E-state index is -1.06. The first-order valence-corrected chi connectivity index (χ1v) is 9.36. The zero-order chi connectivity index (χ0) is 20.1. The molecule has 5 nitrogen and oxygen atoms in total. The average Bonchev–Trinajstić information content (AvgIpc) is 2.68. The van der Waals surface area contributed by atoms with Gasteiger partial charge in [0, 0.05) is 6.08 Å². The molecule has 0 heterocycles. The van der Waals surface area contributed by atoms with Gasteiger partial charge in [-0.1, -0.05) is 36.4 Å². The van der Waals surface area contributed by atoms with E-state index in [0.717, 1.165) is 16.8 Å². The number of hydrogen-bond donors (Lipinski definition) is 1. The molecule has 142 valence electrons. The van der Waals surface area contributed by atoms with Crippen LogP contribution in [0.25, 0.3) is 16.8 Å². The van der Waals surface area contributed by atoms with Gasteiger partial charge < -0.3 is 14.6 Å². The summed E-state index contributed by atoms with van der Waals surface area (Å²) >= 11 is 3.39. The molecule has 0 saturated heterocycles. The third-order valence-electron chi connectivity index (χ3n) is 3.95. The van der Waals surface area contributed by atoms with E-state index in [1.54, 1.807) is 24.3 Å². The highest BCUT2D eigenvalue weighted by atomic mass is 79.9. The Kier molecular flexibility index (Phi) is 6.11. The second-order valence-electron chi connectivity index (χ2n) is 5.85. The Balaban J connectivity index is 1.98. The molecular formula is C22H17BrO5. The van der Waals surface area contributed by atoms with Crippen LogP contribution in [0.4, 0.5) is 0 Å². The first-order valence-electron chi connectivity index (χ1n) is 8.57. The summed E-state index contributed by atoms with van der Waals surface area (Å²) in [4.78, 5) is 23.6. The highest BCUT2D eigenvalue weighted by molar-refractivity contribution is 9.10. The summed E-state index contributed by atoms with van der Waals surface area (Å²) in [6.45, 7) is 2.17. The second-order valence-corrected chi connectivity index (χ2v) is 6.71. The molecular weight excluding hydrogens is 424 g/mol. The first-order chi connectivity index (χ1) is 13.5. The fourth-order valence-electron chi connectivity index (χ4n) is 2.76. The lowest BCUT2D eigenvalue weighted by molar-refractivity contribution is -0.131. The Hall–Kier alpha value is -3.12. The number of carbonyl (C=O) groups is 2. The zero-order valence-electron chi connectivity index (χ0n) is 15.0. The first kappa shape index (κ1) is 19.6. The van der Waals surface area contributed by atoms with Crippen LogP contribution in [-0.2, 0) is 4.79 Å². The van der Waals surface area contributed by atoms with Gasteiger partial charge in [0.25, 0.3) is 0 Å². The standard InChI is InChI=1S/C22H17BrO5/c1-2-27-19-13-14(10-11-20(24)25)12-18(23)21(19)28-22(26)17-9-5-7-15-6-3-4-8-16(15)17/h3-13H,2H2,1H3,(H,24,25)/b11-10+. The van der Waals surface area contributed by atoms with Crippen molar-refractivity contribution < 1.29 is 24.2 Å². The maximum absolute atomic E-state index is 12.8. The van der Waals surface area contributed by atoms with Gasteiger partial charge in [-0.25, -0.2) is 9.59 Å². The summed E-state index contributed by atoms with van der Waals surface area (Å²) in [5.41, 5.74) is 1.05. The quantitative estimate of drug-likeness (QED) is 0.319. The highest BCUT2D eigenvalue weighted by Crippen LogP contribution is 2.38. The van der Waals surface area contributed by atoms with Gasteiger partial charge in [0.2, 0.25) is 0 Å². The van der Waals surface area contributed by atoms with Crippen LogP contribution in [0.5, 0.6) is 11.5 Å². The summed E-state index contributed by atoms with van der Waals surface area (Å²) in [5.74, 6) is -0.976. The van der Waals surface area contributed by atoms with Gasteiger partial charge in [-0.15, -0.1) is 0 Å². The second kappa shape index (κ2) is 8.71. The number of benzene rings is 3. The van der Waals surface area contributed by atoms with Gasteiger partial charge in [0.1, 0.15) is 0 Å². The van der Waals surface area contributed by atoms with E-state index < -0.39 is 11.9 Å². The van der Waals surface area contributed by atoms with Crippen LogP contribution in [0.1, 0.15) is 22.8 Å². The Morgan fingerprint density at radius 1 is 1.11 bits per heavy atom. The van der Waals surface area contributed by atoms with E-state index in [9.17, 15) is 9.59 Å². The Bertz CT molecular complexity index is 1070. The summed E-state index contributed by atoms with van der Waals surface area (Å²) in [6, 6.07) is 16.3. The molecule has 0 bridgehead atoms. The van der Waals surface area contributed by atoms with Crippen molar-refractivity contribution in [3.63, 3.8) is 0 Å². The number of hydrogen-bond acceptors (Lipinski definition) is 4. The molecule has 1 N–H and O–H groups in total. The zero-order valence-corrected chi connectivity index (χ0v) is 16.6. The summed E-state index contributed by atoms with van der Waals surface area (Å²) < 4.78 is 11.7. The Morgan fingerprint density at radius 2 is 1.86 bits per heavy atom. The summed E-state index contributed by atoms with van der Waals surface area (Å²) in [7, 11) is 0. The highest BCUT2D eigenvalue weighted by Gasteiger charge is 2.18. The number of aliphatic carboxylic acids is 1. The minimum Gasteiger partial charge on any atom is -0.490 e. The third kappa shape index (κ3) is 4.40. The van der Waals surface area contributed by atoms with Crippen LogP contribution in [-0.4, -0.2) is 23.7 Å². The molecule has 0 atom stereocenters. The van der Waals surface area contributed by atoms with Crippen LogP contribution in [0.15, 0.2) is 65.1 Å². The van der Waals surface area contributed by atoms with E-state index in [4.69, 9.17) is 14.6 Å². The molecule has 0 aliphatic heterocycles. The van der Waals surface area contributed by atoms with Gasteiger partial charge in [0.05, 0.1) is 16.6 Å². The fourth-order valence-corrected chi connectivity index (χ4v) is 3.31. The normalized spacial score (nSPS) is 10.9. The van der Waals surface area contributed by atoms with E-state index in [2.05, 4.69) is 15.9 Å². The molecule has 0 saturated carbocycles. The van der Waals surface area contributed by atoms with Crippen molar-refractivity contribution in [2.24, 2.45) is 0 Å². The molecule has 3 aromatic rings. The summed E-state index contributed by atoms with van der Waals surface area (Å²) in [5, 5.41) is 10.5. The van der Waals surface area contributed by atoms with Crippen LogP contribution in [0.2, 0.25) is 0 Å². The largest absolute Gasteiger partial charge is 0.490 e. The number of rotatable bonds is 6. The van der Waals surface area contributed by atoms with Gasteiger partial charge in [-0.2, -0.15) is 0 Å². The maximum Gasteiger partial charge on any atom is 0.344 e. The van der Waals surface area contributed by atoms with Crippen LogP contribution in [0, 0.1) is 0 Å². The van der Waals surface area contributed by atoms with Gasteiger partial charge in [0.15, 0.2) is 11.5 Å². The molecule has 3 rings (SSSR count). The molecule has 28 heavy (non-hydrogen) atoms. The lowest BCUT2D eigenvalue weighted by atomic mass is 10.0. The number of halogens is 1. The number of carboxylic acids is 1. The lowest BCUT2D eigenvalue weighted by Crippen LogP contribution is -2.11. The number of ether oxygens (including phenoxy) is 2. The van der Waals surface area contributed by atoms with Crippen molar-refractivity contribution in [3.8, 4) is 11.5 Å². The number of fused-ring (bicyclic) bond motifs is 1. The van der Waals surface area contributed by atoms with E-state index in [-0.39, 0.29) is 5.75 Å². The van der Waals surface area contributed by atoms with Crippen molar-refractivity contribution >= 4 is 44.7 Å². The minimum absolute atomic E-state index is 0.243. The Morgan fingerprint density at radius 3 is 2.61 bits per heavy atom. The van der Waals surface area contributed by atoms with Gasteiger partial charge >= 0.3 is 11.9 Å². The van der Waals surface area contributed by atoms with Crippen molar-refractivity contribution in [2.75, 3.05) is 6.61 Å². The van der Waals surface area contributed by atoms with E-state index >= 15 is 0 Å². The average molecular weight is 441 g/mol. The molecule has 0 aromatic heterocycles. The molecule has 0 spiro atoms. The van der Waals surface area contributed by atoms with Crippen molar-refractivity contribution in [3.05, 3.63) is 76.3 Å². The predicted molar refractivity (Wildman–Crippen MR) is 111 cm³/mol. The molecule has 0 fully saturated rings. The van der Waals surface area contributed by atoms with Crippen molar-refractivity contribution in [1.29, 1.82) is 0 Å². The summed E-state index contributed by atoms with van der Waals surface area (Å²) in [6.07, 6.45) is 2.46. The van der Waals surface area contributed by atoms with Crippen molar-refractivity contribution in [2.45, 2.75) is 6.92 Å². The monoisotopic (exact) mass is 440 g/mol. The molecule has 0 aliphatic rings. The van der Waals surface area contributed by atoms with E-state index in [1.165, 1.54) is 6.08 Å². The molecule has 0 unspecified atom stereocenters. The van der Waals surface area contributed by atoms with Gasteiger partial charge in [-0.3, -0.25) is 0 Å². The SMILES string of the molecule is CCOc1cc(/C=C/C(=O)O)cc(Br)c1OC(=O)c1cccc2ccccc12. The molecule has 3 aromatic carbocycles. The predicted octanol–water partition coefficient (Wildman–Crippen LogP) is 5.32. The maximum atomic E-state index is 12.8. The van der Waals surface area contributed by atoms with E-state index in [1.807, 2.05) is 37.3 Å². The molecule has 0 amide bonds. The molecule has 0 aliphatic carbocycles. The smallest absolute Gasteiger partial charge is 0.344 e. The molecule has 6 heteroatoms. The molecule has 0 radical (unpaired) electrons. The number of carboxylic acid groups (broad SMARTS) is 1. The van der Waals surface area contributed by atoms with Gasteiger partial charge in [-0.05, 0) is 63.5 Å². The Labute approximate surface area is 170 Å². The van der Waals surface area contributed by atoms with Crippen molar-refractivity contribution in [1.82, 2.24) is 0 Å². The van der Waals surface area contributed by atoms with E-state index in [0.29, 0.717) is 28.0 Å². The fraction of sp³-hybridized carbons (Fsp3) is 0.0909.